The van der Waals surface area contributed by atoms with Crippen molar-refractivity contribution in [3.8, 4) is 5.75 Å². The molecule has 0 radical (unpaired) electrons. The number of hydrogen-bond donors (Lipinski definition) is 0. The summed E-state index contributed by atoms with van der Waals surface area (Å²) in [4.78, 5) is 0. The van der Waals surface area contributed by atoms with Gasteiger partial charge in [-0.15, -0.1) is 0 Å². The Morgan fingerprint density at radius 2 is 1.33 bits per heavy atom. The summed E-state index contributed by atoms with van der Waals surface area (Å²) in [6, 6.07) is 17.8. The van der Waals surface area contributed by atoms with E-state index in [0.29, 0.717) is 18.4 Å². The molecule has 0 bridgehead atoms. The van der Waals surface area contributed by atoms with Crippen molar-refractivity contribution in [3.05, 3.63) is 65.2 Å². The first kappa shape index (κ1) is 18.6. The average molecular weight is 325 g/mol. The van der Waals surface area contributed by atoms with Gasteiger partial charge in [-0.2, -0.15) is 0 Å². The molecule has 0 aliphatic carbocycles. The molecule has 0 heterocycles. The van der Waals surface area contributed by atoms with Gasteiger partial charge in [0.1, 0.15) is 5.75 Å². The second-order valence-electron chi connectivity index (χ2n) is 7.74. The Morgan fingerprint density at radius 3 is 1.75 bits per heavy atom. The fourth-order valence-corrected chi connectivity index (χ4v) is 3.21. The monoisotopic (exact) mass is 324 g/mol. The summed E-state index contributed by atoms with van der Waals surface area (Å²) in [5, 5.41) is 0. The summed E-state index contributed by atoms with van der Waals surface area (Å²) >= 11 is 0. The Kier molecular flexibility index (Phi) is 6.10. The summed E-state index contributed by atoms with van der Waals surface area (Å²) in [5.74, 6) is 1.98. The van der Waals surface area contributed by atoms with Gasteiger partial charge in [0, 0.05) is 5.92 Å². The summed E-state index contributed by atoms with van der Waals surface area (Å²) in [7, 11) is 0. The van der Waals surface area contributed by atoms with E-state index in [0.717, 1.165) is 5.75 Å². The highest BCUT2D eigenvalue weighted by atomic mass is 16.5. The van der Waals surface area contributed by atoms with E-state index in [1.807, 2.05) is 6.92 Å². The van der Waals surface area contributed by atoms with Crippen LogP contribution in [0.25, 0.3) is 0 Å². The highest BCUT2D eigenvalue weighted by molar-refractivity contribution is 5.38. The molecule has 0 aliphatic heterocycles. The molecule has 0 saturated carbocycles. The van der Waals surface area contributed by atoms with Crippen LogP contribution in [0.2, 0.25) is 0 Å². The summed E-state index contributed by atoms with van der Waals surface area (Å²) < 4.78 is 5.59. The van der Waals surface area contributed by atoms with Crippen LogP contribution in [0.15, 0.2) is 48.5 Å². The van der Waals surface area contributed by atoms with Gasteiger partial charge in [-0.1, -0.05) is 77.4 Å². The molecule has 0 aromatic heterocycles. The van der Waals surface area contributed by atoms with Crippen molar-refractivity contribution in [2.45, 2.75) is 59.3 Å². The minimum Gasteiger partial charge on any atom is -0.494 e. The van der Waals surface area contributed by atoms with Crippen LogP contribution in [0.5, 0.6) is 5.75 Å². The molecule has 0 N–H and O–H groups in total. The van der Waals surface area contributed by atoms with Gasteiger partial charge >= 0.3 is 0 Å². The van der Waals surface area contributed by atoms with Crippen LogP contribution >= 0.6 is 0 Å². The topological polar surface area (TPSA) is 9.23 Å². The van der Waals surface area contributed by atoms with E-state index in [2.05, 4.69) is 83.1 Å². The van der Waals surface area contributed by atoms with Crippen molar-refractivity contribution >= 4 is 0 Å². The first-order valence-electron chi connectivity index (χ1n) is 9.20. The van der Waals surface area contributed by atoms with Crippen LogP contribution < -0.4 is 4.74 Å². The molecule has 130 valence electrons. The van der Waals surface area contributed by atoms with E-state index in [1.54, 1.807) is 0 Å². The molecule has 24 heavy (non-hydrogen) atoms. The number of benzene rings is 2. The molecule has 2 atom stereocenters. The van der Waals surface area contributed by atoms with Crippen LogP contribution in [0, 0.1) is 5.92 Å². The van der Waals surface area contributed by atoms with Gasteiger partial charge in [0.2, 0.25) is 0 Å². The van der Waals surface area contributed by atoms with Gasteiger partial charge in [0.25, 0.3) is 0 Å². The van der Waals surface area contributed by atoms with E-state index < -0.39 is 0 Å². The molecule has 0 spiro atoms. The van der Waals surface area contributed by atoms with E-state index in [9.17, 15) is 0 Å². The van der Waals surface area contributed by atoms with Crippen LogP contribution in [0.3, 0.4) is 0 Å². The predicted octanol–water partition coefficient (Wildman–Crippen LogP) is 6.56. The largest absolute Gasteiger partial charge is 0.494 e. The van der Waals surface area contributed by atoms with Crippen molar-refractivity contribution in [1.82, 2.24) is 0 Å². The maximum atomic E-state index is 5.59. The van der Waals surface area contributed by atoms with Gasteiger partial charge in [0.15, 0.2) is 0 Å². The summed E-state index contributed by atoms with van der Waals surface area (Å²) in [6.07, 6.45) is 1.17. The van der Waals surface area contributed by atoms with Crippen molar-refractivity contribution < 1.29 is 4.74 Å². The molecule has 2 aromatic carbocycles. The zero-order chi connectivity index (χ0) is 17.7. The van der Waals surface area contributed by atoms with Crippen LogP contribution in [0.1, 0.15) is 70.6 Å². The Hall–Kier alpha value is -1.76. The Balaban J connectivity index is 2.34. The van der Waals surface area contributed by atoms with E-state index in [1.165, 1.54) is 23.1 Å². The molecule has 0 amide bonds. The lowest BCUT2D eigenvalue weighted by molar-refractivity contribution is 0.340. The maximum absolute atomic E-state index is 5.59. The van der Waals surface area contributed by atoms with E-state index in [4.69, 9.17) is 4.74 Å². The SMILES string of the molecule is CCOc1ccc(C(c2ccc(C(C)(C)C)cc2)C(C)CC)cc1. The minimum absolute atomic E-state index is 0.198. The second-order valence-corrected chi connectivity index (χ2v) is 7.74. The van der Waals surface area contributed by atoms with Crippen LogP contribution in [0.4, 0.5) is 0 Å². The Labute approximate surface area is 148 Å². The normalized spacial score (nSPS) is 14.2. The molecule has 0 saturated heterocycles. The zero-order valence-electron chi connectivity index (χ0n) is 16.1. The molecule has 2 rings (SSSR count). The number of hydrogen-bond acceptors (Lipinski definition) is 1. The van der Waals surface area contributed by atoms with Crippen molar-refractivity contribution in [1.29, 1.82) is 0 Å². The first-order chi connectivity index (χ1) is 11.4. The number of rotatable bonds is 6. The molecule has 2 unspecified atom stereocenters. The molecule has 0 fully saturated rings. The third-order valence-corrected chi connectivity index (χ3v) is 4.90. The fraction of sp³-hybridized carbons (Fsp3) is 0.478. The molecule has 1 heteroatoms. The quantitative estimate of drug-likeness (QED) is 0.584. The van der Waals surface area contributed by atoms with Gasteiger partial charge in [-0.3, -0.25) is 0 Å². The first-order valence-corrected chi connectivity index (χ1v) is 9.20. The lowest BCUT2D eigenvalue weighted by Gasteiger charge is -2.26. The minimum atomic E-state index is 0.198. The maximum Gasteiger partial charge on any atom is 0.119 e. The van der Waals surface area contributed by atoms with Gasteiger partial charge in [-0.05, 0) is 47.1 Å². The van der Waals surface area contributed by atoms with Gasteiger partial charge < -0.3 is 4.74 Å². The lowest BCUT2D eigenvalue weighted by Crippen LogP contribution is -2.13. The molecular weight excluding hydrogens is 292 g/mol. The molecule has 1 nitrogen and oxygen atoms in total. The highest BCUT2D eigenvalue weighted by Gasteiger charge is 2.21. The fourth-order valence-electron chi connectivity index (χ4n) is 3.21. The molecule has 2 aromatic rings. The van der Waals surface area contributed by atoms with Gasteiger partial charge in [0.05, 0.1) is 6.61 Å². The second kappa shape index (κ2) is 7.88. The summed E-state index contributed by atoms with van der Waals surface area (Å²) in [6.45, 7) is 14.1. The highest BCUT2D eigenvalue weighted by Crippen LogP contribution is 2.35. The molecular formula is C23H32O. The van der Waals surface area contributed by atoms with Crippen molar-refractivity contribution in [2.75, 3.05) is 6.61 Å². The smallest absolute Gasteiger partial charge is 0.119 e. The lowest BCUT2D eigenvalue weighted by atomic mass is 9.79. The zero-order valence-corrected chi connectivity index (χ0v) is 16.1. The predicted molar refractivity (Wildman–Crippen MR) is 104 cm³/mol. The molecule has 0 aliphatic rings. The number of ether oxygens (including phenoxy) is 1. The van der Waals surface area contributed by atoms with Gasteiger partial charge in [-0.25, -0.2) is 0 Å². The average Bonchev–Trinajstić information content (AvgIpc) is 2.56. The van der Waals surface area contributed by atoms with E-state index in [-0.39, 0.29) is 5.41 Å². The summed E-state index contributed by atoms with van der Waals surface area (Å²) in [5.41, 5.74) is 4.36. The Bertz CT molecular complexity index is 617. The standard InChI is InChI=1S/C23H32O/c1-7-17(3)22(19-11-15-21(16-12-19)24-8-2)18-9-13-20(14-10-18)23(4,5)6/h9-17,22H,7-8H2,1-6H3. The van der Waals surface area contributed by atoms with Crippen molar-refractivity contribution in [3.63, 3.8) is 0 Å². The van der Waals surface area contributed by atoms with E-state index >= 15 is 0 Å². The third-order valence-electron chi connectivity index (χ3n) is 4.90. The Morgan fingerprint density at radius 1 is 0.833 bits per heavy atom. The van der Waals surface area contributed by atoms with Crippen molar-refractivity contribution in [2.24, 2.45) is 5.92 Å². The van der Waals surface area contributed by atoms with Crippen LogP contribution in [-0.2, 0) is 5.41 Å². The third kappa shape index (κ3) is 4.41. The van der Waals surface area contributed by atoms with Crippen LogP contribution in [-0.4, -0.2) is 6.61 Å².